The first kappa shape index (κ1) is 16.0. The van der Waals surface area contributed by atoms with Crippen molar-refractivity contribution in [2.75, 3.05) is 13.2 Å². The van der Waals surface area contributed by atoms with Gasteiger partial charge in [-0.15, -0.1) is 0 Å². The minimum absolute atomic E-state index is 0.0943. The lowest BCUT2D eigenvalue weighted by molar-refractivity contribution is 0.0585. The van der Waals surface area contributed by atoms with Gasteiger partial charge in [-0.3, -0.25) is 0 Å². The van der Waals surface area contributed by atoms with Crippen molar-refractivity contribution < 1.29 is 17.6 Å². The number of nitrogens with one attached hydrogen (secondary N) is 1. The zero-order valence-corrected chi connectivity index (χ0v) is 13.7. The molecule has 0 aliphatic carbocycles. The molecule has 0 bridgehead atoms. The first-order valence-electron chi connectivity index (χ1n) is 6.52. The fraction of sp³-hybridized carbons (Fsp3) is 0.667. The molecule has 1 fully saturated rings. The van der Waals surface area contributed by atoms with E-state index in [2.05, 4.69) is 20.7 Å². The van der Waals surface area contributed by atoms with Crippen molar-refractivity contribution >= 4 is 26.0 Å². The van der Waals surface area contributed by atoms with Gasteiger partial charge >= 0.3 is 0 Å². The van der Waals surface area contributed by atoms with E-state index in [1.165, 1.54) is 6.07 Å². The maximum Gasteiger partial charge on any atom is 0.245 e. The Labute approximate surface area is 127 Å². The molecule has 3 N–H and O–H groups in total. The Morgan fingerprint density at radius 1 is 1.50 bits per heavy atom. The molecule has 20 heavy (non-hydrogen) atoms. The van der Waals surface area contributed by atoms with Gasteiger partial charge in [0, 0.05) is 25.3 Å². The van der Waals surface area contributed by atoms with Gasteiger partial charge in [0.15, 0.2) is 4.67 Å². The number of hydrogen-bond donors (Lipinski definition) is 2. The number of nitrogens with two attached hydrogens (primary N) is 1. The molecule has 1 aromatic rings. The van der Waals surface area contributed by atoms with E-state index in [0.717, 1.165) is 12.8 Å². The summed E-state index contributed by atoms with van der Waals surface area (Å²) in [6.07, 6.45) is 1.73. The minimum Gasteiger partial charge on any atom is -0.452 e. The first-order chi connectivity index (χ1) is 9.44. The molecular weight excluding hydrogens is 348 g/mol. The number of sulfonamides is 1. The first-order valence-corrected chi connectivity index (χ1v) is 8.80. The fourth-order valence-electron chi connectivity index (χ4n) is 2.30. The van der Waals surface area contributed by atoms with Crippen LogP contribution in [-0.2, 0) is 21.3 Å². The predicted octanol–water partition coefficient (Wildman–Crippen LogP) is 1.59. The number of hydrogen-bond acceptors (Lipinski definition) is 5. The van der Waals surface area contributed by atoms with E-state index in [-0.39, 0.29) is 28.1 Å². The SMILES string of the molecule is CC(NS(=O)(=O)c1cc(CN)oc1Br)C1CCOCC1. The van der Waals surface area contributed by atoms with Crippen molar-refractivity contribution in [3.8, 4) is 0 Å². The number of halogens is 1. The lowest BCUT2D eigenvalue weighted by Crippen LogP contribution is -2.40. The normalized spacial score (nSPS) is 19.1. The Morgan fingerprint density at radius 3 is 2.70 bits per heavy atom. The molecule has 6 nitrogen and oxygen atoms in total. The van der Waals surface area contributed by atoms with E-state index < -0.39 is 10.0 Å². The molecule has 2 heterocycles. The molecule has 0 aromatic carbocycles. The Balaban J connectivity index is 2.11. The highest BCUT2D eigenvalue weighted by Gasteiger charge is 2.28. The fourth-order valence-corrected chi connectivity index (χ4v) is 4.61. The van der Waals surface area contributed by atoms with Gasteiger partial charge in [-0.25, -0.2) is 13.1 Å². The molecule has 1 aliphatic rings. The molecule has 0 radical (unpaired) electrons. The van der Waals surface area contributed by atoms with Crippen LogP contribution in [0.25, 0.3) is 0 Å². The van der Waals surface area contributed by atoms with Crippen LogP contribution in [0.5, 0.6) is 0 Å². The minimum atomic E-state index is -3.62. The molecule has 1 unspecified atom stereocenters. The summed E-state index contributed by atoms with van der Waals surface area (Å²) in [5.41, 5.74) is 5.45. The lowest BCUT2D eigenvalue weighted by Gasteiger charge is -2.28. The zero-order chi connectivity index (χ0) is 14.8. The van der Waals surface area contributed by atoms with Crippen LogP contribution >= 0.6 is 15.9 Å². The maximum atomic E-state index is 12.4. The van der Waals surface area contributed by atoms with Gasteiger partial charge in [0.05, 0.1) is 6.54 Å². The molecule has 0 spiro atoms. The summed E-state index contributed by atoms with van der Waals surface area (Å²) in [5, 5.41) is 0. The quantitative estimate of drug-likeness (QED) is 0.824. The third kappa shape index (κ3) is 3.62. The van der Waals surface area contributed by atoms with Crippen LogP contribution in [0.1, 0.15) is 25.5 Å². The summed E-state index contributed by atoms with van der Waals surface area (Å²) in [6.45, 7) is 3.40. The van der Waals surface area contributed by atoms with E-state index in [9.17, 15) is 8.42 Å². The second-order valence-electron chi connectivity index (χ2n) is 4.91. The zero-order valence-electron chi connectivity index (χ0n) is 11.3. The molecule has 0 saturated carbocycles. The van der Waals surface area contributed by atoms with Crippen LogP contribution in [0.3, 0.4) is 0 Å². The average molecular weight is 367 g/mol. The van der Waals surface area contributed by atoms with Gasteiger partial charge in [-0.1, -0.05) is 0 Å². The Hall–Kier alpha value is -0.410. The van der Waals surface area contributed by atoms with Crippen molar-refractivity contribution in [3.63, 3.8) is 0 Å². The highest BCUT2D eigenvalue weighted by Crippen LogP contribution is 2.27. The summed E-state index contributed by atoms with van der Waals surface area (Å²) >= 11 is 3.12. The molecule has 114 valence electrons. The maximum absolute atomic E-state index is 12.4. The highest BCUT2D eigenvalue weighted by atomic mass is 79.9. The largest absolute Gasteiger partial charge is 0.452 e. The molecule has 2 rings (SSSR count). The lowest BCUT2D eigenvalue weighted by atomic mass is 9.94. The molecule has 0 amide bonds. The predicted molar refractivity (Wildman–Crippen MR) is 77.6 cm³/mol. The van der Waals surface area contributed by atoms with Gasteiger partial charge in [0.25, 0.3) is 0 Å². The van der Waals surface area contributed by atoms with Crippen LogP contribution in [-0.4, -0.2) is 27.7 Å². The van der Waals surface area contributed by atoms with Gasteiger partial charge in [0.1, 0.15) is 10.7 Å². The third-order valence-corrected chi connectivity index (χ3v) is 5.93. The summed E-state index contributed by atoms with van der Waals surface area (Å²) in [5.74, 6) is 0.717. The summed E-state index contributed by atoms with van der Waals surface area (Å²) < 4.78 is 38.1. The van der Waals surface area contributed by atoms with Crippen LogP contribution < -0.4 is 10.5 Å². The summed E-state index contributed by atoms with van der Waals surface area (Å²) in [6, 6.07) is 1.30. The van der Waals surface area contributed by atoms with E-state index in [0.29, 0.717) is 19.0 Å². The van der Waals surface area contributed by atoms with Crippen molar-refractivity contribution in [2.24, 2.45) is 11.7 Å². The van der Waals surface area contributed by atoms with E-state index in [4.69, 9.17) is 14.9 Å². The second kappa shape index (κ2) is 6.57. The average Bonchev–Trinajstić information content (AvgIpc) is 2.81. The Bertz CT molecular complexity index is 552. The van der Waals surface area contributed by atoms with Crippen LogP contribution in [0.2, 0.25) is 0 Å². The molecular formula is C12H19BrN2O4S. The van der Waals surface area contributed by atoms with Crippen molar-refractivity contribution in [1.29, 1.82) is 0 Å². The molecule has 1 aliphatic heterocycles. The molecule has 1 atom stereocenters. The second-order valence-corrected chi connectivity index (χ2v) is 7.32. The van der Waals surface area contributed by atoms with Crippen LogP contribution in [0.15, 0.2) is 20.0 Å². The van der Waals surface area contributed by atoms with Gasteiger partial charge < -0.3 is 14.9 Å². The van der Waals surface area contributed by atoms with Crippen LogP contribution in [0.4, 0.5) is 0 Å². The number of rotatable bonds is 5. The van der Waals surface area contributed by atoms with Gasteiger partial charge in [0.2, 0.25) is 10.0 Å². The van der Waals surface area contributed by atoms with Gasteiger partial charge in [-0.2, -0.15) is 0 Å². The highest BCUT2D eigenvalue weighted by molar-refractivity contribution is 9.10. The van der Waals surface area contributed by atoms with Crippen molar-refractivity contribution in [3.05, 3.63) is 16.5 Å². The molecule has 1 saturated heterocycles. The summed E-state index contributed by atoms with van der Waals surface area (Å²) in [4.78, 5) is 0.0943. The number of ether oxygens (including phenoxy) is 1. The molecule has 8 heteroatoms. The summed E-state index contributed by atoms with van der Waals surface area (Å²) in [7, 11) is -3.62. The Morgan fingerprint density at radius 2 is 2.15 bits per heavy atom. The molecule has 1 aromatic heterocycles. The monoisotopic (exact) mass is 366 g/mol. The smallest absolute Gasteiger partial charge is 0.245 e. The standard InChI is InChI=1S/C12H19BrN2O4S/c1-8(9-2-4-18-5-3-9)15-20(16,17)11-6-10(7-14)19-12(11)13/h6,8-9,15H,2-5,7,14H2,1H3. The van der Waals surface area contributed by atoms with Crippen LogP contribution in [0, 0.1) is 5.92 Å². The number of furan rings is 1. The van der Waals surface area contributed by atoms with Gasteiger partial charge in [-0.05, 0) is 41.6 Å². The third-order valence-electron chi connectivity index (χ3n) is 3.51. The van der Waals surface area contributed by atoms with Crippen molar-refractivity contribution in [1.82, 2.24) is 4.72 Å². The Kier molecular flexibility index (Phi) is 5.25. The van der Waals surface area contributed by atoms with E-state index in [1.807, 2.05) is 6.92 Å². The van der Waals surface area contributed by atoms with E-state index in [1.54, 1.807) is 0 Å². The van der Waals surface area contributed by atoms with E-state index >= 15 is 0 Å². The topological polar surface area (TPSA) is 94.6 Å². The van der Waals surface area contributed by atoms with Crippen molar-refractivity contribution in [2.45, 2.75) is 37.2 Å².